The van der Waals surface area contributed by atoms with Crippen LogP contribution in [-0.2, 0) is 20.9 Å². The Bertz CT molecular complexity index is 847. The zero-order valence-electron chi connectivity index (χ0n) is 21.2. The highest BCUT2D eigenvalue weighted by atomic mass is 16.5. The van der Waals surface area contributed by atoms with E-state index < -0.39 is 11.7 Å². The van der Waals surface area contributed by atoms with Gasteiger partial charge in [0.1, 0.15) is 6.10 Å². The molecule has 0 amide bonds. The summed E-state index contributed by atoms with van der Waals surface area (Å²) in [4.78, 5) is 14.1. The number of carbonyl (C=O) groups excluding carboxylic acids is 1. The van der Waals surface area contributed by atoms with Gasteiger partial charge in [0.05, 0.1) is 24.7 Å². The smallest absolute Gasteiger partial charge is 0.303 e. The molecule has 186 valence electrons. The lowest BCUT2D eigenvalue weighted by atomic mass is 9.57. The maximum absolute atomic E-state index is 11.7. The van der Waals surface area contributed by atoms with Gasteiger partial charge in [0, 0.05) is 32.5 Å². The van der Waals surface area contributed by atoms with Gasteiger partial charge >= 0.3 is 5.97 Å². The summed E-state index contributed by atoms with van der Waals surface area (Å²) in [5, 5.41) is 11.7. The Kier molecular flexibility index (Phi) is 8.16. The van der Waals surface area contributed by atoms with E-state index in [1.165, 1.54) is 12.5 Å². The van der Waals surface area contributed by atoms with Crippen molar-refractivity contribution in [2.45, 2.75) is 77.8 Å². The van der Waals surface area contributed by atoms with Crippen LogP contribution in [0.5, 0.6) is 0 Å². The van der Waals surface area contributed by atoms with Crippen LogP contribution in [0.3, 0.4) is 0 Å². The van der Waals surface area contributed by atoms with E-state index in [-0.39, 0.29) is 17.8 Å². The number of nitrogens with zero attached hydrogens (tertiary/aromatic N) is 1. The monoisotopic (exact) mass is 467 g/mol. The number of fused-ring (bicyclic) bond motifs is 1. The Hall–Kier alpha value is -1.69. The highest BCUT2D eigenvalue weighted by Crippen LogP contribution is 2.50. The van der Waals surface area contributed by atoms with Crippen LogP contribution in [0.1, 0.15) is 58.9 Å². The number of aliphatic hydroxyl groups is 1. The molecular formula is C29H41NO4. The van der Waals surface area contributed by atoms with E-state index in [1.54, 1.807) is 0 Å². The number of hydrogen-bond acceptors (Lipinski definition) is 5. The largest absolute Gasteiger partial charge is 0.457 e. The molecule has 2 radical (unpaired) electrons. The zero-order valence-corrected chi connectivity index (χ0v) is 21.2. The van der Waals surface area contributed by atoms with Crippen molar-refractivity contribution < 1.29 is 19.4 Å². The second-order valence-corrected chi connectivity index (χ2v) is 10.8. The fourth-order valence-corrected chi connectivity index (χ4v) is 6.20. The van der Waals surface area contributed by atoms with Crippen LogP contribution < -0.4 is 0 Å². The standard InChI is InChI=1S/C29H41NO4/c1-20-16-27-26(11-10-22(3)29(27,32)17-28(20)34-23(4)31)21(2)18-30-14-12-25(13-15-30)33-19-24-8-6-5-7-9-24/h5-9,16,21-22,25-28,32H,10-15,18-19H2,1-4H3/t21-,22-,26+,27-,28-,29-/m1/s1. The average Bonchev–Trinajstić information content (AvgIpc) is 2.81. The van der Waals surface area contributed by atoms with Gasteiger partial charge < -0.3 is 19.5 Å². The van der Waals surface area contributed by atoms with Gasteiger partial charge in [-0.25, -0.2) is 0 Å². The zero-order chi connectivity index (χ0) is 24.3. The highest BCUT2D eigenvalue weighted by molar-refractivity contribution is 5.66. The second-order valence-electron chi connectivity index (χ2n) is 10.8. The molecule has 5 heteroatoms. The van der Waals surface area contributed by atoms with Crippen molar-refractivity contribution in [2.24, 2.45) is 23.7 Å². The molecule has 5 nitrogen and oxygen atoms in total. The molecule has 2 fully saturated rings. The number of hydrogen-bond donors (Lipinski definition) is 1. The van der Waals surface area contributed by atoms with Crippen LogP contribution in [0, 0.1) is 30.1 Å². The molecule has 0 bridgehead atoms. The molecule has 0 aromatic heterocycles. The molecule has 3 aliphatic rings. The topological polar surface area (TPSA) is 59.0 Å². The number of carbonyl (C=O) groups is 1. The average molecular weight is 468 g/mol. The van der Waals surface area contributed by atoms with Crippen LogP contribution in [0.15, 0.2) is 42.0 Å². The van der Waals surface area contributed by atoms with E-state index in [4.69, 9.17) is 9.47 Å². The molecule has 1 N–H and O–H groups in total. The minimum absolute atomic E-state index is 0.0183. The van der Waals surface area contributed by atoms with Gasteiger partial charge in [-0.15, -0.1) is 0 Å². The number of likely N-dealkylation sites (tertiary alicyclic amines) is 1. The van der Waals surface area contributed by atoms with E-state index in [0.717, 1.165) is 50.9 Å². The molecule has 1 saturated carbocycles. The normalized spacial score (nSPS) is 33.6. The molecule has 1 heterocycles. The summed E-state index contributed by atoms with van der Waals surface area (Å²) >= 11 is 0. The summed E-state index contributed by atoms with van der Waals surface area (Å²) in [7, 11) is 0. The summed E-state index contributed by atoms with van der Waals surface area (Å²) in [6, 6.07) is 10.4. The Morgan fingerprint density at radius 2 is 1.91 bits per heavy atom. The minimum atomic E-state index is -1.05. The van der Waals surface area contributed by atoms with E-state index in [9.17, 15) is 9.90 Å². The summed E-state index contributed by atoms with van der Waals surface area (Å²) in [6.07, 6.45) is 9.46. The third kappa shape index (κ3) is 5.75. The van der Waals surface area contributed by atoms with Gasteiger partial charge in [-0.05, 0) is 61.5 Å². The van der Waals surface area contributed by atoms with Crippen molar-refractivity contribution in [1.29, 1.82) is 0 Å². The van der Waals surface area contributed by atoms with Crippen molar-refractivity contribution >= 4 is 5.97 Å². The Labute approximate surface area is 205 Å². The number of rotatable bonds is 7. The van der Waals surface area contributed by atoms with E-state index >= 15 is 0 Å². The molecule has 1 saturated heterocycles. The lowest BCUT2D eigenvalue weighted by Gasteiger charge is -2.52. The van der Waals surface area contributed by atoms with E-state index in [0.29, 0.717) is 24.5 Å². The molecule has 2 aliphatic carbocycles. The second kappa shape index (κ2) is 10.9. The van der Waals surface area contributed by atoms with Crippen molar-refractivity contribution in [2.75, 3.05) is 19.6 Å². The molecule has 0 spiro atoms. The fourth-order valence-electron chi connectivity index (χ4n) is 6.20. The predicted molar refractivity (Wildman–Crippen MR) is 133 cm³/mol. The molecule has 1 aromatic rings. The van der Waals surface area contributed by atoms with E-state index in [2.05, 4.69) is 55.5 Å². The maximum Gasteiger partial charge on any atom is 0.303 e. The molecule has 4 rings (SSSR count). The number of ether oxygens (including phenoxy) is 2. The van der Waals surface area contributed by atoms with Crippen LogP contribution in [0.4, 0.5) is 0 Å². The first kappa shape index (κ1) is 25.4. The van der Waals surface area contributed by atoms with Gasteiger partial charge in [-0.1, -0.05) is 50.3 Å². The Balaban J connectivity index is 1.33. The van der Waals surface area contributed by atoms with Crippen molar-refractivity contribution in [3.63, 3.8) is 0 Å². The summed E-state index contributed by atoms with van der Waals surface area (Å²) < 4.78 is 11.6. The molecular weight excluding hydrogens is 426 g/mol. The van der Waals surface area contributed by atoms with Gasteiger partial charge in [0.15, 0.2) is 0 Å². The van der Waals surface area contributed by atoms with Gasteiger partial charge in [-0.2, -0.15) is 0 Å². The third-order valence-corrected chi connectivity index (χ3v) is 8.30. The first-order valence-corrected chi connectivity index (χ1v) is 13.0. The van der Waals surface area contributed by atoms with Gasteiger partial charge in [-0.3, -0.25) is 4.79 Å². The highest BCUT2D eigenvalue weighted by Gasteiger charge is 2.53. The summed E-state index contributed by atoms with van der Waals surface area (Å²) in [6.45, 7) is 11.7. The summed E-state index contributed by atoms with van der Waals surface area (Å²) in [5.74, 6) is 0.624. The van der Waals surface area contributed by atoms with Crippen molar-refractivity contribution in [3.05, 3.63) is 54.0 Å². The van der Waals surface area contributed by atoms with Crippen LogP contribution >= 0.6 is 0 Å². The Morgan fingerprint density at radius 1 is 1.21 bits per heavy atom. The van der Waals surface area contributed by atoms with Crippen molar-refractivity contribution in [3.8, 4) is 0 Å². The predicted octanol–water partition coefficient (Wildman–Crippen LogP) is 4.67. The van der Waals surface area contributed by atoms with Crippen LogP contribution in [0.25, 0.3) is 0 Å². The maximum atomic E-state index is 11.7. The van der Waals surface area contributed by atoms with Crippen LogP contribution in [0.2, 0.25) is 0 Å². The van der Waals surface area contributed by atoms with Gasteiger partial charge in [0.2, 0.25) is 0 Å². The third-order valence-electron chi connectivity index (χ3n) is 8.30. The molecule has 34 heavy (non-hydrogen) atoms. The molecule has 0 unspecified atom stereocenters. The van der Waals surface area contributed by atoms with E-state index in [1.807, 2.05) is 13.0 Å². The fraction of sp³-hybridized carbons (Fsp3) is 0.655. The Morgan fingerprint density at radius 3 is 2.59 bits per heavy atom. The number of piperidine rings is 1. The first-order valence-electron chi connectivity index (χ1n) is 13.0. The lowest BCUT2D eigenvalue weighted by molar-refractivity contribution is -0.148. The number of esters is 1. The number of benzene rings is 1. The lowest BCUT2D eigenvalue weighted by Crippen LogP contribution is -2.56. The minimum Gasteiger partial charge on any atom is -0.457 e. The molecule has 1 aliphatic heterocycles. The SMILES string of the molecule is CC(=O)O[C@@H]1[C][C@@]2(O)[C@H](C)CC[C@@H]([C@H](C)CN3CCC(OCc4ccccc4)CC3)[C@H]2C=C1C. The molecule has 1 aromatic carbocycles. The van der Waals surface area contributed by atoms with Gasteiger partial charge in [0.25, 0.3) is 0 Å². The first-order chi connectivity index (χ1) is 16.3. The van der Waals surface area contributed by atoms with Crippen LogP contribution in [-0.4, -0.2) is 53.4 Å². The quantitative estimate of drug-likeness (QED) is 0.466. The van der Waals surface area contributed by atoms with Crippen molar-refractivity contribution in [1.82, 2.24) is 4.90 Å². The summed E-state index contributed by atoms with van der Waals surface area (Å²) in [5.41, 5.74) is 1.17. The molecule has 6 atom stereocenters.